The summed E-state index contributed by atoms with van der Waals surface area (Å²) in [7, 11) is 0. The van der Waals surface area contributed by atoms with Crippen LogP contribution in [0.4, 0.5) is 0 Å². The third kappa shape index (κ3) is 11.9. The van der Waals surface area contributed by atoms with Crippen LogP contribution in [0, 0.1) is 0 Å². The van der Waals surface area contributed by atoms with E-state index in [-0.39, 0.29) is 11.8 Å². The number of hydrogen-bond acceptors (Lipinski definition) is 4. The number of nitrogens with one attached hydrogen (secondary N) is 1. The van der Waals surface area contributed by atoms with Crippen LogP contribution in [0.5, 0.6) is 11.5 Å². The van der Waals surface area contributed by atoms with Crippen LogP contribution in [-0.2, 0) is 16.1 Å². The molecule has 0 atom stereocenters. The van der Waals surface area contributed by atoms with Crippen LogP contribution < -0.4 is 14.8 Å². The highest BCUT2D eigenvalue weighted by molar-refractivity contribution is 9.09. The molecule has 226 valence electrons. The molecule has 0 saturated carbocycles. The molecule has 0 bridgehead atoms. The van der Waals surface area contributed by atoms with E-state index in [1.165, 1.54) is 22.8 Å². The fraction of sp³-hybridized carbons (Fsp3) is 0.400. The highest BCUT2D eigenvalue weighted by Crippen LogP contribution is 2.36. The SMILES string of the molecule is C=CC(=O)NCCCCOCc1ccccc1C(c1ccc(OCCCCBr)cc1)c1ccc(OCCCCBr)cc1. The van der Waals surface area contributed by atoms with Crippen LogP contribution in [0.1, 0.15) is 66.7 Å². The van der Waals surface area contributed by atoms with Crippen LogP contribution >= 0.6 is 31.9 Å². The number of rotatable bonds is 21. The Morgan fingerprint density at radius 1 is 0.738 bits per heavy atom. The molecule has 0 fully saturated rings. The van der Waals surface area contributed by atoms with Gasteiger partial charge in [-0.2, -0.15) is 0 Å². The standard InChI is InChI=1S/C35H43Br2NO4/c1-2-34(39)38-23-7-10-24-40-27-30-11-3-4-12-33(30)35(28-13-17-31(18-14-28)41-25-8-5-21-36)29-15-19-32(20-16-29)42-26-9-6-22-37/h2-4,11-20,35H,1,5-10,21-27H2,(H,38,39). The average molecular weight is 702 g/mol. The summed E-state index contributed by atoms with van der Waals surface area (Å²) in [5.74, 6) is 1.67. The summed E-state index contributed by atoms with van der Waals surface area (Å²) in [4.78, 5) is 11.3. The van der Waals surface area contributed by atoms with Gasteiger partial charge in [-0.1, -0.05) is 87.0 Å². The number of hydrogen-bond donors (Lipinski definition) is 1. The highest BCUT2D eigenvalue weighted by atomic mass is 79.9. The lowest BCUT2D eigenvalue weighted by Crippen LogP contribution is -2.22. The van der Waals surface area contributed by atoms with Gasteiger partial charge in [-0.3, -0.25) is 4.79 Å². The minimum atomic E-state index is -0.139. The molecular weight excluding hydrogens is 658 g/mol. The maximum atomic E-state index is 11.3. The van der Waals surface area contributed by atoms with Crippen LogP contribution in [0.15, 0.2) is 85.5 Å². The predicted octanol–water partition coefficient (Wildman–Crippen LogP) is 8.57. The van der Waals surface area contributed by atoms with Gasteiger partial charge in [-0.25, -0.2) is 0 Å². The number of carbonyl (C=O) groups excluding carboxylic acids is 1. The number of halogens is 2. The van der Waals surface area contributed by atoms with Crippen molar-refractivity contribution in [1.29, 1.82) is 0 Å². The van der Waals surface area contributed by atoms with Crippen molar-refractivity contribution < 1.29 is 19.0 Å². The Morgan fingerprint density at radius 2 is 1.29 bits per heavy atom. The zero-order valence-corrected chi connectivity index (χ0v) is 27.5. The lowest BCUT2D eigenvalue weighted by molar-refractivity contribution is -0.116. The molecule has 42 heavy (non-hydrogen) atoms. The Morgan fingerprint density at radius 3 is 1.83 bits per heavy atom. The number of ether oxygens (including phenoxy) is 3. The highest BCUT2D eigenvalue weighted by Gasteiger charge is 2.20. The minimum absolute atomic E-state index is 0.0313. The number of unbranched alkanes of at least 4 members (excludes halogenated alkanes) is 3. The van der Waals surface area contributed by atoms with E-state index in [1.807, 2.05) is 0 Å². The summed E-state index contributed by atoms with van der Waals surface area (Å²) in [6, 6.07) is 25.5. The lowest BCUT2D eigenvalue weighted by atomic mass is 9.83. The second-order valence-corrected chi connectivity index (χ2v) is 11.6. The van der Waals surface area contributed by atoms with Crippen molar-refractivity contribution in [3.05, 3.63) is 108 Å². The van der Waals surface area contributed by atoms with Crippen LogP contribution in [-0.4, -0.2) is 42.9 Å². The third-order valence-corrected chi connectivity index (χ3v) is 7.97. The number of benzene rings is 3. The molecule has 3 aromatic rings. The molecule has 7 heteroatoms. The zero-order chi connectivity index (χ0) is 29.8. The Kier molecular flexibility index (Phi) is 16.4. The van der Waals surface area contributed by atoms with Crippen molar-refractivity contribution in [3.63, 3.8) is 0 Å². The largest absolute Gasteiger partial charge is 0.494 e. The van der Waals surface area contributed by atoms with E-state index in [0.717, 1.165) is 66.2 Å². The van der Waals surface area contributed by atoms with Crippen molar-refractivity contribution in [1.82, 2.24) is 5.32 Å². The Labute approximate surface area is 268 Å². The summed E-state index contributed by atoms with van der Waals surface area (Å²) in [6.45, 7) is 6.69. The summed E-state index contributed by atoms with van der Waals surface area (Å²) >= 11 is 6.96. The first-order chi connectivity index (χ1) is 20.7. The van der Waals surface area contributed by atoms with E-state index < -0.39 is 0 Å². The van der Waals surface area contributed by atoms with Crippen molar-refractivity contribution in [2.75, 3.05) is 37.0 Å². The molecule has 3 rings (SSSR count). The van der Waals surface area contributed by atoms with Crippen LogP contribution in [0.2, 0.25) is 0 Å². The second kappa shape index (κ2) is 20.3. The fourth-order valence-electron chi connectivity index (χ4n) is 4.58. The van der Waals surface area contributed by atoms with Gasteiger partial charge in [0.15, 0.2) is 0 Å². The average Bonchev–Trinajstić information content (AvgIpc) is 3.03. The summed E-state index contributed by atoms with van der Waals surface area (Å²) in [5.41, 5.74) is 4.76. The lowest BCUT2D eigenvalue weighted by Gasteiger charge is -2.23. The summed E-state index contributed by atoms with van der Waals surface area (Å²) in [5, 5.41) is 4.80. The molecule has 5 nitrogen and oxygen atoms in total. The van der Waals surface area contributed by atoms with E-state index >= 15 is 0 Å². The summed E-state index contributed by atoms with van der Waals surface area (Å²) in [6.07, 6.45) is 7.27. The first kappa shape index (κ1) is 33.9. The van der Waals surface area contributed by atoms with Gasteiger partial charge in [0.05, 0.1) is 19.8 Å². The molecule has 0 radical (unpaired) electrons. The van der Waals surface area contributed by atoms with E-state index in [0.29, 0.717) is 33.0 Å². The Balaban J connectivity index is 1.75. The molecule has 0 aromatic heterocycles. The molecule has 0 aliphatic rings. The van der Waals surface area contributed by atoms with Crippen molar-refractivity contribution in [2.45, 2.75) is 51.0 Å². The van der Waals surface area contributed by atoms with Gasteiger partial charge in [0, 0.05) is 29.7 Å². The van der Waals surface area contributed by atoms with Gasteiger partial charge in [0.2, 0.25) is 5.91 Å². The molecule has 0 saturated heterocycles. The van der Waals surface area contributed by atoms with Gasteiger partial charge in [0.25, 0.3) is 0 Å². The van der Waals surface area contributed by atoms with E-state index in [2.05, 4.69) is 117 Å². The van der Waals surface area contributed by atoms with E-state index in [9.17, 15) is 4.79 Å². The van der Waals surface area contributed by atoms with Gasteiger partial charge in [-0.15, -0.1) is 0 Å². The van der Waals surface area contributed by atoms with Gasteiger partial charge >= 0.3 is 0 Å². The van der Waals surface area contributed by atoms with Gasteiger partial charge < -0.3 is 19.5 Å². The predicted molar refractivity (Wildman–Crippen MR) is 179 cm³/mol. The van der Waals surface area contributed by atoms with Gasteiger partial charge in [0.1, 0.15) is 11.5 Å². The maximum Gasteiger partial charge on any atom is 0.243 e. The molecule has 0 unspecified atom stereocenters. The maximum absolute atomic E-state index is 11.3. The van der Waals surface area contributed by atoms with E-state index in [1.54, 1.807) is 0 Å². The number of alkyl halides is 2. The normalized spacial score (nSPS) is 10.9. The Bertz CT molecular complexity index is 1130. The Hall–Kier alpha value is -2.61. The first-order valence-electron chi connectivity index (χ1n) is 14.8. The van der Waals surface area contributed by atoms with Gasteiger partial charge in [-0.05, 0) is 91.1 Å². The monoisotopic (exact) mass is 699 g/mol. The number of carbonyl (C=O) groups is 1. The third-order valence-electron chi connectivity index (χ3n) is 6.84. The van der Waals surface area contributed by atoms with Crippen LogP contribution in [0.3, 0.4) is 0 Å². The van der Waals surface area contributed by atoms with Crippen LogP contribution in [0.25, 0.3) is 0 Å². The van der Waals surface area contributed by atoms with E-state index in [4.69, 9.17) is 14.2 Å². The van der Waals surface area contributed by atoms with Crippen molar-refractivity contribution in [3.8, 4) is 11.5 Å². The molecule has 0 heterocycles. The molecule has 1 amide bonds. The fourth-order valence-corrected chi connectivity index (χ4v) is 5.37. The van der Waals surface area contributed by atoms with Crippen molar-refractivity contribution >= 4 is 37.8 Å². The topological polar surface area (TPSA) is 56.8 Å². The smallest absolute Gasteiger partial charge is 0.243 e. The molecule has 1 N–H and O–H groups in total. The zero-order valence-electron chi connectivity index (χ0n) is 24.4. The minimum Gasteiger partial charge on any atom is -0.494 e. The second-order valence-electron chi connectivity index (χ2n) is 10.0. The first-order valence-corrected chi connectivity index (χ1v) is 17.0. The molecule has 0 spiro atoms. The summed E-state index contributed by atoms with van der Waals surface area (Å²) < 4.78 is 18.0. The number of amides is 1. The molecule has 0 aliphatic carbocycles. The molecule has 3 aromatic carbocycles. The molecule has 0 aliphatic heterocycles. The molecular formula is C35H43Br2NO4. The van der Waals surface area contributed by atoms with Crippen molar-refractivity contribution in [2.24, 2.45) is 0 Å². The quantitative estimate of drug-likeness (QED) is 0.0524.